The average molecular weight is 397 g/mol. The molecule has 0 saturated heterocycles. The summed E-state index contributed by atoms with van der Waals surface area (Å²) in [5.41, 5.74) is -2.82. The first-order valence-corrected chi connectivity index (χ1v) is 10.8. The summed E-state index contributed by atoms with van der Waals surface area (Å²) in [6, 6.07) is 0. The maximum absolute atomic E-state index is 13.4. The monoisotopic (exact) mass is 396 g/mol. The summed E-state index contributed by atoms with van der Waals surface area (Å²) in [7, 11) is 0. The Morgan fingerprint density at radius 1 is 0.679 bits per heavy atom. The fourth-order valence-corrected chi connectivity index (χ4v) is 5.20. The van der Waals surface area contributed by atoms with Crippen LogP contribution in [0.3, 0.4) is 0 Å². The lowest BCUT2D eigenvalue weighted by molar-refractivity contribution is -0.177. The van der Waals surface area contributed by atoms with Crippen LogP contribution in [0.15, 0.2) is 0 Å². The van der Waals surface area contributed by atoms with E-state index in [0.29, 0.717) is 6.42 Å². The van der Waals surface area contributed by atoms with E-state index in [2.05, 4.69) is 27.7 Å². The van der Waals surface area contributed by atoms with E-state index in [1.165, 1.54) is 0 Å². The van der Waals surface area contributed by atoms with Crippen LogP contribution in [0.4, 0.5) is 0 Å². The minimum absolute atomic E-state index is 0.0602. The predicted molar refractivity (Wildman–Crippen MR) is 120 cm³/mol. The van der Waals surface area contributed by atoms with Crippen LogP contribution in [-0.4, -0.2) is 22.8 Å². The normalized spacial score (nSPS) is 16.6. The van der Waals surface area contributed by atoms with Crippen LogP contribution in [0.5, 0.6) is 0 Å². The number of rotatable bonds is 9. The van der Waals surface area contributed by atoms with Gasteiger partial charge >= 0.3 is 0 Å². The molecule has 3 heteroatoms. The van der Waals surface area contributed by atoms with Gasteiger partial charge in [-0.15, -0.1) is 0 Å². The highest BCUT2D eigenvalue weighted by Crippen LogP contribution is 2.43. The van der Waals surface area contributed by atoms with E-state index in [0.717, 1.165) is 12.8 Å². The Kier molecular flexibility index (Phi) is 8.00. The number of hydrogen-bond acceptors (Lipinski definition) is 3. The van der Waals surface area contributed by atoms with Crippen LogP contribution in [0.25, 0.3) is 0 Å². The molecule has 0 bridgehead atoms. The second-order valence-corrected chi connectivity index (χ2v) is 13.0. The quantitative estimate of drug-likeness (QED) is 0.421. The summed E-state index contributed by atoms with van der Waals surface area (Å²) in [5, 5.41) is 0. The summed E-state index contributed by atoms with van der Waals surface area (Å²) in [4.78, 5) is 26.5. The minimum atomic E-state index is -0.919. The van der Waals surface area contributed by atoms with Gasteiger partial charge in [-0.2, -0.15) is 0 Å². The lowest BCUT2D eigenvalue weighted by atomic mass is 9.67. The zero-order valence-electron chi connectivity index (χ0n) is 21.3. The fourth-order valence-electron chi connectivity index (χ4n) is 5.20. The maximum atomic E-state index is 13.4. The van der Waals surface area contributed by atoms with Crippen LogP contribution >= 0.6 is 0 Å². The lowest BCUT2D eigenvalue weighted by Crippen LogP contribution is -2.51. The third kappa shape index (κ3) is 7.61. The van der Waals surface area contributed by atoms with E-state index in [1.54, 1.807) is 0 Å². The van der Waals surface area contributed by atoms with Crippen molar-refractivity contribution in [2.45, 2.75) is 127 Å². The van der Waals surface area contributed by atoms with Gasteiger partial charge in [0.2, 0.25) is 0 Å². The molecular formula is C25H48O3. The average Bonchev–Trinajstić information content (AvgIpc) is 2.40. The van der Waals surface area contributed by atoms with Gasteiger partial charge in [0.25, 0.3) is 0 Å². The summed E-state index contributed by atoms with van der Waals surface area (Å²) < 4.78 is 6.45. The maximum Gasteiger partial charge on any atom is 0.169 e. The van der Waals surface area contributed by atoms with Gasteiger partial charge in [-0.1, -0.05) is 69.2 Å². The van der Waals surface area contributed by atoms with Gasteiger partial charge in [0, 0.05) is 16.2 Å². The molecule has 3 nitrogen and oxygen atoms in total. The van der Waals surface area contributed by atoms with Crippen molar-refractivity contribution < 1.29 is 14.3 Å². The molecule has 0 rings (SSSR count). The zero-order chi connectivity index (χ0) is 23.0. The zero-order valence-corrected chi connectivity index (χ0v) is 21.3. The van der Waals surface area contributed by atoms with Crippen molar-refractivity contribution in [1.82, 2.24) is 0 Å². The molecule has 0 radical (unpaired) electrons. The summed E-state index contributed by atoms with van der Waals surface area (Å²) in [6.07, 6.45) is 2.13. The Hall–Kier alpha value is -0.700. The first-order valence-electron chi connectivity index (χ1n) is 10.8. The van der Waals surface area contributed by atoms with Gasteiger partial charge in [-0.05, 0) is 52.4 Å². The first-order chi connectivity index (χ1) is 12.0. The van der Waals surface area contributed by atoms with Crippen LogP contribution in [0.1, 0.15) is 116 Å². The third-order valence-electron chi connectivity index (χ3n) is 5.49. The van der Waals surface area contributed by atoms with Crippen LogP contribution < -0.4 is 0 Å². The number of ketones is 2. The Morgan fingerprint density at radius 2 is 1.11 bits per heavy atom. The van der Waals surface area contributed by atoms with Gasteiger partial charge in [0.15, 0.2) is 5.78 Å². The molecule has 0 aliphatic carbocycles. The standard InChI is InChI=1S/C25H48O3/c1-15-25(14,18(26)21(5,6)7)17-23(10,11)28-24(12,13)19(27)22(8,9)16-20(2,3)4/h15-17H2,1-14H3. The van der Waals surface area contributed by atoms with Gasteiger partial charge in [0.05, 0.1) is 5.60 Å². The van der Waals surface area contributed by atoms with Crippen molar-refractivity contribution in [2.75, 3.05) is 0 Å². The number of Topliss-reactive ketones (excluding diaryl/α,β-unsaturated/α-hetero) is 2. The van der Waals surface area contributed by atoms with Crippen molar-refractivity contribution >= 4 is 11.6 Å². The Balaban J connectivity index is 5.61. The molecule has 1 unspecified atom stereocenters. The van der Waals surface area contributed by atoms with Gasteiger partial charge in [0.1, 0.15) is 11.4 Å². The second-order valence-electron chi connectivity index (χ2n) is 13.0. The number of hydrogen-bond donors (Lipinski definition) is 0. The van der Waals surface area contributed by atoms with Gasteiger partial charge in [-0.3, -0.25) is 9.59 Å². The van der Waals surface area contributed by atoms with Crippen molar-refractivity contribution in [2.24, 2.45) is 21.7 Å². The molecule has 0 aliphatic rings. The highest BCUT2D eigenvalue weighted by Gasteiger charge is 2.47. The number of carbonyl (C=O) groups is 2. The van der Waals surface area contributed by atoms with E-state index in [-0.39, 0.29) is 17.0 Å². The summed E-state index contributed by atoms with van der Waals surface area (Å²) in [6.45, 7) is 28.2. The van der Waals surface area contributed by atoms with Crippen molar-refractivity contribution in [3.05, 3.63) is 0 Å². The molecule has 28 heavy (non-hydrogen) atoms. The van der Waals surface area contributed by atoms with Crippen LogP contribution in [0, 0.1) is 21.7 Å². The van der Waals surface area contributed by atoms with E-state index in [9.17, 15) is 9.59 Å². The molecular weight excluding hydrogens is 348 g/mol. The fraction of sp³-hybridized carbons (Fsp3) is 0.920. The lowest BCUT2D eigenvalue weighted by Gasteiger charge is -2.44. The third-order valence-corrected chi connectivity index (χ3v) is 5.49. The Morgan fingerprint density at radius 3 is 1.43 bits per heavy atom. The Bertz CT molecular complexity index is 568. The van der Waals surface area contributed by atoms with E-state index < -0.39 is 27.4 Å². The molecule has 166 valence electrons. The molecule has 1 atom stereocenters. The predicted octanol–water partition coefficient (Wildman–Crippen LogP) is 7.01. The van der Waals surface area contributed by atoms with Crippen molar-refractivity contribution in [3.8, 4) is 0 Å². The minimum Gasteiger partial charge on any atom is -0.362 e. The molecule has 0 saturated carbocycles. The molecule has 0 N–H and O–H groups in total. The molecule has 0 aromatic heterocycles. The SMILES string of the molecule is CCC(C)(CC(C)(C)OC(C)(C)C(=O)C(C)(C)CC(C)(C)C)C(=O)C(C)(C)C. The molecule has 0 aromatic rings. The second kappa shape index (κ2) is 8.20. The molecule has 0 aliphatic heterocycles. The first kappa shape index (κ1) is 27.3. The summed E-state index contributed by atoms with van der Waals surface area (Å²) >= 11 is 0. The summed E-state index contributed by atoms with van der Waals surface area (Å²) in [5.74, 6) is 0.361. The number of ether oxygens (including phenoxy) is 1. The number of carbonyl (C=O) groups excluding carboxylic acids is 2. The van der Waals surface area contributed by atoms with Gasteiger partial charge < -0.3 is 4.74 Å². The molecule has 0 heterocycles. The Labute approximate surface area is 175 Å². The van der Waals surface area contributed by atoms with Crippen molar-refractivity contribution in [3.63, 3.8) is 0 Å². The molecule has 0 amide bonds. The smallest absolute Gasteiger partial charge is 0.169 e. The topological polar surface area (TPSA) is 43.4 Å². The highest BCUT2D eigenvalue weighted by atomic mass is 16.5. The molecule has 0 spiro atoms. The van der Waals surface area contributed by atoms with Crippen LogP contribution in [0.2, 0.25) is 0 Å². The largest absolute Gasteiger partial charge is 0.362 e. The highest BCUT2D eigenvalue weighted by molar-refractivity contribution is 5.91. The van der Waals surface area contributed by atoms with Crippen molar-refractivity contribution in [1.29, 1.82) is 0 Å². The van der Waals surface area contributed by atoms with Gasteiger partial charge in [-0.25, -0.2) is 0 Å². The van der Waals surface area contributed by atoms with E-state index in [1.807, 2.05) is 69.2 Å². The van der Waals surface area contributed by atoms with E-state index in [4.69, 9.17) is 4.74 Å². The molecule has 0 aromatic carbocycles. The van der Waals surface area contributed by atoms with Crippen LogP contribution in [-0.2, 0) is 14.3 Å². The van der Waals surface area contributed by atoms with E-state index >= 15 is 0 Å². The molecule has 0 fully saturated rings.